The quantitative estimate of drug-likeness (QED) is 0.628. The highest BCUT2D eigenvalue weighted by atomic mass is 32.2. The van der Waals surface area contributed by atoms with E-state index in [4.69, 9.17) is 5.26 Å². The Morgan fingerprint density at radius 2 is 2.08 bits per heavy atom. The molecule has 1 aliphatic rings. The first-order chi connectivity index (χ1) is 5.84. The van der Waals surface area contributed by atoms with Gasteiger partial charge in [0.1, 0.15) is 0 Å². The zero-order chi connectivity index (χ0) is 8.81. The molecule has 0 aromatic heterocycles. The fraction of sp³-hybridized carbons (Fsp3) is 0.889. The smallest absolute Gasteiger partial charge is 0.0622 e. The van der Waals surface area contributed by atoms with Crippen molar-refractivity contribution in [3.8, 4) is 6.07 Å². The Morgan fingerprint density at radius 1 is 1.42 bits per heavy atom. The van der Waals surface area contributed by atoms with Crippen molar-refractivity contribution in [2.45, 2.75) is 43.8 Å². The summed E-state index contributed by atoms with van der Waals surface area (Å²) < 4.78 is 11.5. The third-order valence-electron chi connectivity index (χ3n) is 2.31. The van der Waals surface area contributed by atoms with E-state index in [2.05, 4.69) is 6.07 Å². The van der Waals surface area contributed by atoms with Gasteiger partial charge in [-0.05, 0) is 19.3 Å². The molecule has 1 fully saturated rings. The van der Waals surface area contributed by atoms with E-state index in [0.717, 1.165) is 25.0 Å². The van der Waals surface area contributed by atoms with Gasteiger partial charge in [0, 0.05) is 28.2 Å². The number of nitrogens with zero attached hydrogens (tertiary/aromatic N) is 1. The first-order valence-corrected chi connectivity index (χ1v) is 5.97. The van der Waals surface area contributed by atoms with Crippen LogP contribution >= 0.6 is 0 Å². The van der Waals surface area contributed by atoms with Crippen LogP contribution < -0.4 is 0 Å². The number of rotatable bonds is 4. The second-order valence-corrected chi connectivity index (χ2v) is 5.09. The Morgan fingerprint density at radius 3 is 2.67 bits per heavy atom. The van der Waals surface area contributed by atoms with Crippen LogP contribution in [0.15, 0.2) is 0 Å². The SMILES string of the molecule is N#CCCCS(=O)C1CCCC1. The van der Waals surface area contributed by atoms with Gasteiger partial charge in [-0.15, -0.1) is 0 Å². The zero-order valence-corrected chi connectivity index (χ0v) is 8.11. The number of hydrogen-bond donors (Lipinski definition) is 0. The van der Waals surface area contributed by atoms with E-state index in [0.29, 0.717) is 11.7 Å². The lowest BCUT2D eigenvalue weighted by molar-refractivity contribution is 0.666. The third-order valence-corrected chi connectivity index (χ3v) is 4.21. The molecule has 0 heterocycles. The zero-order valence-electron chi connectivity index (χ0n) is 7.29. The van der Waals surface area contributed by atoms with Crippen molar-refractivity contribution in [1.82, 2.24) is 0 Å². The molecule has 0 aromatic rings. The Labute approximate surface area is 76.4 Å². The molecule has 2 nitrogen and oxygen atoms in total. The second kappa shape index (κ2) is 5.31. The highest BCUT2D eigenvalue weighted by molar-refractivity contribution is 7.85. The molecule has 0 amide bonds. The largest absolute Gasteiger partial charge is 0.259 e. The van der Waals surface area contributed by atoms with Gasteiger partial charge in [-0.25, -0.2) is 0 Å². The van der Waals surface area contributed by atoms with Crippen LogP contribution in [-0.2, 0) is 10.8 Å². The minimum absolute atomic E-state index is 0.448. The van der Waals surface area contributed by atoms with E-state index >= 15 is 0 Å². The van der Waals surface area contributed by atoms with E-state index in [9.17, 15) is 4.21 Å². The Balaban J connectivity index is 2.15. The van der Waals surface area contributed by atoms with Gasteiger partial charge in [0.2, 0.25) is 0 Å². The molecule has 0 spiro atoms. The van der Waals surface area contributed by atoms with Crippen LogP contribution in [0.3, 0.4) is 0 Å². The summed E-state index contributed by atoms with van der Waals surface area (Å²) in [6.45, 7) is 0. The number of unbranched alkanes of at least 4 members (excludes halogenated alkanes) is 1. The summed E-state index contributed by atoms with van der Waals surface area (Å²) in [6.07, 6.45) is 6.12. The van der Waals surface area contributed by atoms with Gasteiger partial charge in [0.25, 0.3) is 0 Å². The monoisotopic (exact) mass is 185 g/mol. The predicted octanol–water partition coefficient (Wildman–Crippen LogP) is 1.98. The van der Waals surface area contributed by atoms with Gasteiger partial charge in [-0.3, -0.25) is 4.21 Å². The minimum atomic E-state index is -0.648. The third kappa shape index (κ3) is 2.94. The van der Waals surface area contributed by atoms with Crippen LogP contribution in [0.2, 0.25) is 0 Å². The van der Waals surface area contributed by atoms with Crippen LogP contribution in [0.1, 0.15) is 38.5 Å². The molecule has 1 aliphatic carbocycles. The molecule has 0 saturated heterocycles. The van der Waals surface area contributed by atoms with E-state index < -0.39 is 10.8 Å². The molecule has 1 saturated carbocycles. The summed E-state index contributed by atoms with van der Waals surface area (Å²) in [5.41, 5.74) is 0. The molecule has 0 aliphatic heterocycles. The number of nitriles is 1. The number of hydrogen-bond acceptors (Lipinski definition) is 2. The topological polar surface area (TPSA) is 40.9 Å². The second-order valence-electron chi connectivity index (χ2n) is 3.25. The predicted molar refractivity (Wildman–Crippen MR) is 50.1 cm³/mol. The highest BCUT2D eigenvalue weighted by Gasteiger charge is 2.20. The lowest BCUT2D eigenvalue weighted by atomic mass is 10.4. The van der Waals surface area contributed by atoms with E-state index in [1.165, 1.54) is 12.8 Å². The molecule has 1 atom stereocenters. The summed E-state index contributed by atoms with van der Waals surface area (Å²) >= 11 is 0. The Kier molecular flexibility index (Phi) is 4.31. The first-order valence-electron chi connectivity index (χ1n) is 4.58. The summed E-state index contributed by atoms with van der Waals surface area (Å²) in [5, 5.41) is 8.74. The van der Waals surface area contributed by atoms with Gasteiger partial charge < -0.3 is 0 Å². The molecule has 0 N–H and O–H groups in total. The van der Waals surface area contributed by atoms with Gasteiger partial charge in [0.15, 0.2) is 0 Å². The normalized spacial score (nSPS) is 20.6. The maximum absolute atomic E-state index is 11.5. The fourth-order valence-electron chi connectivity index (χ4n) is 1.61. The van der Waals surface area contributed by atoms with E-state index in [1.807, 2.05) is 0 Å². The summed E-state index contributed by atoms with van der Waals surface area (Å²) in [5.74, 6) is 0.734. The van der Waals surface area contributed by atoms with Crippen molar-refractivity contribution in [3.63, 3.8) is 0 Å². The standard InChI is InChI=1S/C9H15NOS/c10-7-3-4-8-12(11)9-5-1-2-6-9/h9H,1-6,8H2. The molecule has 3 heteroatoms. The average molecular weight is 185 g/mol. The molecule has 1 unspecified atom stereocenters. The van der Waals surface area contributed by atoms with E-state index in [1.54, 1.807) is 0 Å². The van der Waals surface area contributed by atoms with Gasteiger partial charge in [-0.2, -0.15) is 5.26 Å². The lowest BCUT2D eigenvalue weighted by Crippen LogP contribution is -2.13. The van der Waals surface area contributed by atoms with Crippen molar-refractivity contribution in [1.29, 1.82) is 5.26 Å². The van der Waals surface area contributed by atoms with Gasteiger partial charge in [0.05, 0.1) is 6.07 Å². The van der Waals surface area contributed by atoms with Crippen molar-refractivity contribution in [2.75, 3.05) is 5.75 Å². The van der Waals surface area contributed by atoms with Crippen LogP contribution in [0.5, 0.6) is 0 Å². The summed E-state index contributed by atoms with van der Waals surface area (Å²) in [6, 6.07) is 2.08. The van der Waals surface area contributed by atoms with Crippen LogP contribution in [0, 0.1) is 11.3 Å². The average Bonchev–Trinajstić information content (AvgIpc) is 2.56. The molecular formula is C9H15NOS. The summed E-state index contributed by atoms with van der Waals surface area (Å²) in [7, 11) is -0.648. The molecule has 68 valence electrons. The van der Waals surface area contributed by atoms with E-state index in [-0.39, 0.29) is 0 Å². The van der Waals surface area contributed by atoms with Crippen LogP contribution in [0.4, 0.5) is 0 Å². The van der Waals surface area contributed by atoms with Crippen molar-refractivity contribution >= 4 is 10.8 Å². The van der Waals surface area contributed by atoms with Crippen molar-refractivity contribution in [2.24, 2.45) is 0 Å². The van der Waals surface area contributed by atoms with Gasteiger partial charge in [-0.1, -0.05) is 12.8 Å². The molecule has 1 rings (SSSR count). The fourth-order valence-corrected chi connectivity index (χ4v) is 3.23. The molecule has 0 aromatic carbocycles. The maximum atomic E-state index is 11.5. The maximum Gasteiger partial charge on any atom is 0.0622 e. The highest BCUT2D eigenvalue weighted by Crippen LogP contribution is 2.23. The molecule has 12 heavy (non-hydrogen) atoms. The first kappa shape index (κ1) is 9.73. The van der Waals surface area contributed by atoms with Crippen molar-refractivity contribution in [3.05, 3.63) is 0 Å². The lowest BCUT2D eigenvalue weighted by Gasteiger charge is -2.06. The summed E-state index contributed by atoms with van der Waals surface area (Å²) in [4.78, 5) is 0. The van der Waals surface area contributed by atoms with Crippen molar-refractivity contribution < 1.29 is 4.21 Å². The minimum Gasteiger partial charge on any atom is -0.259 e. The van der Waals surface area contributed by atoms with Crippen LogP contribution in [-0.4, -0.2) is 15.2 Å². The Bertz CT molecular complexity index is 191. The molecule has 0 radical (unpaired) electrons. The van der Waals surface area contributed by atoms with Gasteiger partial charge >= 0.3 is 0 Å². The Hall–Kier alpha value is -0.360. The molecular weight excluding hydrogens is 170 g/mol. The molecule has 0 bridgehead atoms. The van der Waals surface area contributed by atoms with Crippen LogP contribution in [0.25, 0.3) is 0 Å².